The van der Waals surface area contributed by atoms with Crippen LogP contribution in [-0.2, 0) is 6.42 Å². The van der Waals surface area contributed by atoms with Crippen molar-refractivity contribution in [3.63, 3.8) is 0 Å². The molecule has 13 heavy (non-hydrogen) atoms. The van der Waals surface area contributed by atoms with Crippen molar-refractivity contribution >= 4 is 0 Å². The first-order valence-electron chi connectivity index (χ1n) is 4.13. The zero-order chi connectivity index (χ0) is 10.2. The summed E-state index contributed by atoms with van der Waals surface area (Å²) in [5.41, 5.74) is 0.950. The van der Waals surface area contributed by atoms with Crippen LogP contribution in [-0.4, -0.2) is 0 Å². The molecule has 0 spiro atoms. The predicted molar refractivity (Wildman–Crippen MR) is 45.2 cm³/mol. The topological polar surface area (TPSA) is 0 Å². The van der Waals surface area contributed by atoms with Crippen LogP contribution in [0.25, 0.3) is 0 Å². The molecule has 0 bridgehead atoms. The van der Waals surface area contributed by atoms with E-state index in [0.717, 1.165) is 0 Å². The van der Waals surface area contributed by atoms with Crippen molar-refractivity contribution in [1.82, 2.24) is 0 Å². The summed E-state index contributed by atoms with van der Waals surface area (Å²) in [6.07, 6.45) is 0.371. The third kappa shape index (κ3) is 1.43. The van der Waals surface area contributed by atoms with Crippen LogP contribution >= 0.6 is 0 Å². The van der Waals surface area contributed by atoms with Gasteiger partial charge in [-0.15, -0.1) is 0 Å². The fourth-order valence-electron chi connectivity index (χ4n) is 1.37. The summed E-state index contributed by atoms with van der Waals surface area (Å²) in [5.74, 6) is -3.49. The largest absolute Gasteiger partial charge is 0.203 e. The molecule has 0 saturated carbocycles. The van der Waals surface area contributed by atoms with E-state index in [1.807, 2.05) is 0 Å². The maximum absolute atomic E-state index is 13.1. The molecule has 1 aromatic rings. The van der Waals surface area contributed by atoms with Gasteiger partial charge in [-0.1, -0.05) is 6.92 Å². The fourth-order valence-corrected chi connectivity index (χ4v) is 1.37. The van der Waals surface area contributed by atoms with Gasteiger partial charge in [-0.05, 0) is 37.0 Å². The van der Waals surface area contributed by atoms with Gasteiger partial charge in [0.1, 0.15) is 0 Å². The lowest BCUT2D eigenvalue weighted by Crippen LogP contribution is -2.04. The summed E-state index contributed by atoms with van der Waals surface area (Å²) in [6.45, 7) is 4.76. The maximum Gasteiger partial charge on any atom is 0.194 e. The van der Waals surface area contributed by atoms with Crippen molar-refractivity contribution in [3.8, 4) is 0 Å². The van der Waals surface area contributed by atoms with Gasteiger partial charge < -0.3 is 0 Å². The van der Waals surface area contributed by atoms with Crippen LogP contribution in [0.1, 0.15) is 23.6 Å². The zero-order valence-electron chi connectivity index (χ0n) is 7.84. The lowest BCUT2D eigenvalue weighted by Gasteiger charge is -2.10. The van der Waals surface area contributed by atoms with Gasteiger partial charge in [-0.3, -0.25) is 0 Å². The molecule has 0 atom stereocenters. The highest BCUT2D eigenvalue weighted by atomic mass is 19.2. The van der Waals surface area contributed by atoms with Gasteiger partial charge in [0.25, 0.3) is 0 Å². The van der Waals surface area contributed by atoms with Crippen molar-refractivity contribution in [3.05, 3.63) is 34.1 Å². The van der Waals surface area contributed by atoms with Crippen LogP contribution in [0.3, 0.4) is 0 Å². The van der Waals surface area contributed by atoms with Crippen LogP contribution in [0.4, 0.5) is 13.2 Å². The Labute approximate surface area is 75.4 Å². The zero-order valence-corrected chi connectivity index (χ0v) is 7.84. The van der Waals surface area contributed by atoms with Crippen molar-refractivity contribution in [2.45, 2.75) is 27.2 Å². The van der Waals surface area contributed by atoms with Crippen molar-refractivity contribution in [1.29, 1.82) is 0 Å². The number of benzene rings is 1. The number of hydrogen-bond acceptors (Lipinski definition) is 0. The van der Waals surface area contributed by atoms with E-state index in [0.29, 0.717) is 12.0 Å². The molecule has 0 heterocycles. The Morgan fingerprint density at radius 2 is 1.38 bits per heavy atom. The lowest BCUT2D eigenvalue weighted by molar-refractivity contribution is 0.436. The predicted octanol–water partition coefficient (Wildman–Crippen LogP) is 3.28. The molecular weight excluding hydrogens is 177 g/mol. The van der Waals surface area contributed by atoms with Crippen LogP contribution < -0.4 is 0 Å². The molecule has 0 amide bonds. The van der Waals surface area contributed by atoms with Crippen LogP contribution in [0, 0.1) is 31.3 Å². The quantitative estimate of drug-likeness (QED) is 0.593. The van der Waals surface area contributed by atoms with Gasteiger partial charge in [0.2, 0.25) is 0 Å². The molecule has 0 aliphatic heterocycles. The summed E-state index contributed by atoms with van der Waals surface area (Å²) < 4.78 is 38.9. The fraction of sp³-hybridized carbons (Fsp3) is 0.400. The first-order chi connectivity index (χ1) is 6.00. The molecule has 0 nitrogen and oxygen atoms in total. The SMILES string of the molecule is CCc1c(C)c(C)c(F)c(F)c1F. The van der Waals surface area contributed by atoms with E-state index < -0.39 is 17.5 Å². The van der Waals surface area contributed by atoms with E-state index >= 15 is 0 Å². The standard InChI is InChI=1S/C10H11F3/c1-4-7-5(2)6(3)8(11)10(13)9(7)12/h4H2,1-3H3. The minimum absolute atomic E-state index is 0.191. The van der Waals surface area contributed by atoms with E-state index in [-0.39, 0.29) is 11.1 Å². The number of hydrogen-bond donors (Lipinski definition) is 0. The second-order valence-corrected chi connectivity index (χ2v) is 3.02. The molecule has 0 radical (unpaired) electrons. The minimum Gasteiger partial charge on any atom is -0.203 e. The summed E-state index contributed by atoms with van der Waals surface area (Å²) in [4.78, 5) is 0. The Hall–Kier alpha value is -0.990. The summed E-state index contributed by atoms with van der Waals surface area (Å²) >= 11 is 0. The van der Waals surface area contributed by atoms with Crippen LogP contribution in [0.2, 0.25) is 0 Å². The molecule has 0 N–H and O–H groups in total. The highest BCUT2D eigenvalue weighted by molar-refractivity contribution is 5.36. The van der Waals surface area contributed by atoms with Gasteiger partial charge in [0.05, 0.1) is 0 Å². The third-order valence-electron chi connectivity index (χ3n) is 2.35. The molecule has 0 aliphatic carbocycles. The molecule has 1 aromatic carbocycles. The van der Waals surface area contributed by atoms with Crippen LogP contribution in [0.5, 0.6) is 0 Å². The molecule has 0 aromatic heterocycles. The van der Waals surface area contributed by atoms with Gasteiger partial charge >= 0.3 is 0 Å². The number of rotatable bonds is 1. The molecule has 0 saturated heterocycles. The Bertz CT molecular complexity index is 314. The Kier molecular flexibility index (Phi) is 2.64. The van der Waals surface area contributed by atoms with E-state index in [1.165, 1.54) is 6.92 Å². The van der Waals surface area contributed by atoms with Gasteiger partial charge in [0, 0.05) is 0 Å². The molecule has 0 aliphatic rings. The molecule has 3 heteroatoms. The number of halogens is 3. The van der Waals surface area contributed by atoms with Crippen molar-refractivity contribution < 1.29 is 13.2 Å². The van der Waals surface area contributed by atoms with Gasteiger partial charge in [0.15, 0.2) is 17.5 Å². The molecular formula is C10H11F3. The second kappa shape index (κ2) is 3.40. The lowest BCUT2D eigenvalue weighted by atomic mass is 10.00. The first kappa shape index (κ1) is 10.1. The maximum atomic E-state index is 13.1. The van der Waals surface area contributed by atoms with E-state index in [4.69, 9.17) is 0 Å². The molecule has 0 fully saturated rings. The normalized spacial score (nSPS) is 10.6. The molecule has 1 rings (SSSR count). The van der Waals surface area contributed by atoms with E-state index in [1.54, 1.807) is 13.8 Å². The summed E-state index contributed by atoms with van der Waals surface area (Å²) in [7, 11) is 0. The Morgan fingerprint density at radius 3 is 1.85 bits per heavy atom. The van der Waals surface area contributed by atoms with Crippen molar-refractivity contribution in [2.75, 3.05) is 0 Å². The Balaban J connectivity index is 3.56. The first-order valence-corrected chi connectivity index (χ1v) is 4.13. The molecule has 72 valence electrons. The highest BCUT2D eigenvalue weighted by Crippen LogP contribution is 2.24. The molecule has 0 unspecified atom stereocenters. The van der Waals surface area contributed by atoms with Gasteiger partial charge in [-0.25, -0.2) is 13.2 Å². The van der Waals surface area contributed by atoms with Crippen molar-refractivity contribution in [2.24, 2.45) is 0 Å². The van der Waals surface area contributed by atoms with E-state index in [2.05, 4.69) is 0 Å². The second-order valence-electron chi connectivity index (χ2n) is 3.02. The summed E-state index contributed by atoms with van der Waals surface area (Å²) in [5, 5.41) is 0. The minimum atomic E-state index is -1.36. The van der Waals surface area contributed by atoms with E-state index in [9.17, 15) is 13.2 Å². The monoisotopic (exact) mass is 188 g/mol. The summed E-state index contributed by atoms with van der Waals surface area (Å²) in [6, 6.07) is 0. The third-order valence-corrected chi connectivity index (χ3v) is 2.35. The van der Waals surface area contributed by atoms with Crippen LogP contribution in [0.15, 0.2) is 0 Å². The average Bonchev–Trinajstić information content (AvgIpc) is 2.13. The van der Waals surface area contributed by atoms with Gasteiger partial charge in [-0.2, -0.15) is 0 Å². The average molecular weight is 188 g/mol. The highest BCUT2D eigenvalue weighted by Gasteiger charge is 2.18. The Morgan fingerprint density at radius 1 is 0.846 bits per heavy atom. The smallest absolute Gasteiger partial charge is 0.194 e.